The third kappa shape index (κ3) is 6.16. The Hall–Kier alpha value is -3.12. The molecule has 188 valence electrons. The summed E-state index contributed by atoms with van der Waals surface area (Å²) in [5.41, 5.74) is 6.71. The number of nitrogens with zero attached hydrogens (tertiary/aromatic N) is 1. The van der Waals surface area contributed by atoms with Crippen LogP contribution in [-0.4, -0.2) is 40.0 Å². The minimum Gasteiger partial charge on any atom is -0.481 e. The summed E-state index contributed by atoms with van der Waals surface area (Å²) in [6, 6.07) is 16.2. The first-order valence-corrected chi connectivity index (χ1v) is 13.4. The number of carboxylic acid groups (broad SMARTS) is 1. The van der Waals surface area contributed by atoms with Gasteiger partial charge in [0, 0.05) is 23.2 Å². The smallest absolute Gasteiger partial charge is 0.305 e. The number of halogens is 1. The van der Waals surface area contributed by atoms with Gasteiger partial charge in [0.1, 0.15) is 5.82 Å². The van der Waals surface area contributed by atoms with E-state index >= 15 is 0 Å². The van der Waals surface area contributed by atoms with Gasteiger partial charge in [-0.3, -0.25) is 14.3 Å². The average molecular weight is 510 g/mol. The van der Waals surface area contributed by atoms with Crippen LogP contribution in [0.1, 0.15) is 42.0 Å². The van der Waals surface area contributed by atoms with E-state index in [1.165, 1.54) is 12.1 Å². The van der Waals surface area contributed by atoms with E-state index in [2.05, 4.69) is 6.58 Å². The van der Waals surface area contributed by atoms with Crippen LogP contribution in [0.3, 0.4) is 0 Å². The van der Waals surface area contributed by atoms with Gasteiger partial charge in [-0.05, 0) is 54.2 Å². The Bertz CT molecular complexity index is 1290. The Balaban J connectivity index is 1.74. The zero-order valence-corrected chi connectivity index (χ0v) is 21.0. The summed E-state index contributed by atoms with van der Waals surface area (Å²) in [5, 5.41) is 18.6. The minimum atomic E-state index is -2.69. The number of benzene rings is 2. The fourth-order valence-electron chi connectivity index (χ4n) is 4.32. The molecule has 2 N–H and O–H groups in total. The predicted molar refractivity (Wildman–Crippen MR) is 139 cm³/mol. The molecule has 2 atom stereocenters. The van der Waals surface area contributed by atoms with Crippen molar-refractivity contribution in [3.63, 3.8) is 0 Å². The van der Waals surface area contributed by atoms with Crippen molar-refractivity contribution >= 4 is 19.6 Å². The van der Waals surface area contributed by atoms with E-state index in [1.807, 2.05) is 37.3 Å². The highest BCUT2D eigenvalue weighted by Gasteiger charge is 2.32. The van der Waals surface area contributed by atoms with Crippen molar-refractivity contribution in [2.75, 3.05) is 12.8 Å². The molecule has 0 spiro atoms. The number of aliphatic hydroxyl groups is 1. The number of carboxylic acids is 1. The molecule has 1 aliphatic rings. The lowest BCUT2D eigenvalue weighted by Crippen LogP contribution is -2.15. The molecule has 1 aromatic heterocycles. The molecular weight excluding hydrogens is 480 g/mol. The summed E-state index contributed by atoms with van der Waals surface area (Å²) >= 11 is 0. The number of aliphatic hydroxyl groups excluding tert-OH is 1. The van der Waals surface area contributed by atoms with Crippen molar-refractivity contribution < 1.29 is 28.5 Å². The van der Waals surface area contributed by atoms with Crippen LogP contribution >= 0.6 is 8.03 Å². The van der Waals surface area contributed by atoms with E-state index in [1.54, 1.807) is 12.1 Å². The van der Waals surface area contributed by atoms with Crippen LogP contribution in [0.2, 0.25) is 0 Å². The van der Waals surface area contributed by atoms with Gasteiger partial charge in [-0.15, -0.1) is 0 Å². The molecule has 3 aromatic rings. The summed E-state index contributed by atoms with van der Waals surface area (Å²) in [6.07, 6.45) is 0.00606. The first-order chi connectivity index (χ1) is 17.2. The summed E-state index contributed by atoms with van der Waals surface area (Å²) in [7, 11) is -2.69. The standard InChI is InChI=1S/C28H29FNO5P/c1-17(15-35-36(34)16-23(31)14-24(32)33)25-26(19-10-12-22(29)13-11-19)18(2)27(20-6-4-3-5-7-20)30-28(25)21-8-9-21/h3-7,10-13,21,23,31,36H,1,8-9,14-16H2,2H3,(H,32,33)/t23-/m0/s1. The quantitative estimate of drug-likeness (QED) is 0.304. The summed E-state index contributed by atoms with van der Waals surface area (Å²) in [6.45, 7) is 6.15. The fraction of sp³-hybridized carbons (Fsp3) is 0.286. The maximum Gasteiger partial charge on any atom is 0.305 e. The maximum atomic E-state index is 13.8. The third-order valence-electron chi connectivity index (χ3n) is 6.19. The van der Waals surface area contributed by atoms with Gasteiger partial charge in [-0.2, -0.15) is 0 Å². The van der Waals surface area contributed by atoms with Gasteiger partial charge in [-0.25, -0.2) is 4.39 Å². The fourth-order valence-corrected chi connectivity index (χ4v) is 5.31. The molecule has 6 nitrogen and oxygen atoms in total. The number of pyridine rings is 1. The number of carbonyl (C=O) groups is 1. The molecule has 4 rings (SSSR count). The molecule has 36 heavy (non-hydrogen) atoms. The molecular formula is C28H29FNO5P. The second-order valence-corrected chi connectivity index (χ2v) is 10.5. The van der Waals surface area contributed by atoms with Crippen LogP contribution in [0.4, 0.5) is 4.39 Å². The van der Waals surface area contributed by atoms with E-state index in [9.17, 15) is 18.9 Å². The lowest BCUT2D eigenvalue weighted by Gasteiger charge is -2.22. The Morgan fingerprint density at radius 1 is 1.17 bits per heavy atom. The van der Waals surface area contributed by atoms with Crippen molar-refractivity contribution in [2.24, 2.45) is 0 Å². The van der Waals surface area contributed by atoms with E-state index in [0.717, 1.165) is 52.0 Å². The van der Waals surface area contributed by atoms with Gasteiger partial charge in [0.15, 0.2) is 8.03 Å². The lowest BCUT2D eigenvalue weighted by molar-refractivity contribution is -0.138. The lowest BCUT2D eigenvalue weighted by atomic mass is 9.87. The topological polar surface area (TPSA) is 96.7 Å². The highest BCUT2D eigenvalue weighted by atomic mass is 31.1. The number of aliphatic carboxylic acids is 1. The zero-order chi connectivity index (χ0) is 25.8. The molecule has 2 aromatic carbocycles. The summed E-state index contributed by atoms with van der Waals surface area (Å²) < 4.78 is 31.7. The van der Waals surface area contributed by atoms with Crippen molar-refractivity contribution in [2.45, 2.75) is 38.2 Å². The van der Waals surface area contributed by atoms with Crippen LogP contribution in [0.5, 0.6) is 0 Å². The Morgan fingerprint density at radius 3 is 2.44 bits per heavy atom. The first kappa shape index (κ1) is 26.0. The number of rotatable bonds is 11. The molecule has 1 heterocycles. The van der Waals surface area contributed by atoms with Crippen LogP contribution in [0, 0.1) is 12.7 Å². The number of aromatic nitrogens is 1. The third-order valence-corrected chi connectivity index (χ3v) is 7.46. The molecule has 0 bridgehead atoms. The summed E-state index contributed by atoms with van der Waals surface area (Å²) in [4.78, 5) is 15.8. The number of hydrogen-bond donors (Lipinski definition) is 2. The second-order valence-electron chi connectivity index (χ2n) is 9.09. The van der Waals surface area contributed by atoms with E-state index < -0.39 is 26.5 Å². The Labute approximate surface area is 210 Å². The highest BCUT2D eigenvalue weighted by molar-refractivity contribution is 7.39. The maximum absolute atomic E-state index is 13.8. The zero-order valence-electron chi connectivity index (χ0n) is 20.0. The Morgan fingerprint density at radius 2 is 1.83 bits per heavy atom. The van der Waals surface area contributed by atoms with Crippen molar-refractivity contribution in [3.8, 4) is 22.4 Å². The summed E-state index contributed by atoms with van der Waals surface area (Å²) in [5.74, 6) is -1.24. The number of hydrogen-bond acceptors (Lipinski definition) is 5. The monoisotopic (exact) mass is 509 g/mol. The van der Waals surface area contributed by atoms with Crippen LogP contribution in [0.25, 0.3) is 28.0 Å². The molecule has 1 aliphatic carbocycles. The normalized spacial score (nSPS) is 14.9. The molecule has 0 radical (unpaired) electrons. The van der Waals surface area contributed by atoms with E-state index in [4.69, 9.17) is 14.6 Å². The average Bonchev–Trinajstić information content (AvgIpc) is 3.68. The van der Waals surface area contributed by atoms with Gasteiger partial charge >= 0.3 is 5.97 Å². The van der Waals surface area contributed by atoms with Gasteiger partial charge in [0.05, 0.1) is 30.5 Å². The second kappa shape index (κ2) is 11.3. The van der Waals surface area contributed by atoms with Crippen LogP contribution in [-0.2, 0) is 13.9 Å². The molecule has 1 unspecified atom stereocenters. The van der Waals surface area contributed by atoms with Gasteiger partial charge in [-0.1, -0.05) is 49.0 Å². The predicted octanol–water partition coefficient (Wildman–Crippen LogP) is 6.08. The molecule has 8 heteroatoms. The largest absolute Gasteiger partial charge is 0.481 e. The SMILES string of the molecule is C=C(CO[PH](=O)C[C@@H](O)CC(=O)O)c1c(C2CC2)nc(-c2ccccc2)c(C)c1-c1ccc(F)cc1. The molecule has 1 saturated carbocycles. The van der Waals surface area contributed by atoms with E-state index in [-0.39, 0.29) is 24.5 Å². The minimum absolute atomic E-state index is 0.0582. The van der Waals surface area contributed by atoms with Crippen LogP contribution in [0.15, 0.2) is 61.2 Å². The van der Waals surface area contributed by atoms with Gasteiger partial charge in [0.2, 0.25) is 0 Å². The van der Waals surface area contributed by atoms with Crippen LogP contribution < -0.4 is 0 Å². The first-order valence-electron chi connectivity index (χ1n) is 11.8. The van der Waals surface area contributed by atoms with Crippen molar-refractivity contribution in [1.29, 1.82) is 0 Å². The van der Waals surface area contributed by atoms with E-state index in [0.29, 0.717) is 5.57 Å². The molecule has 0 aliphatic heterocycles. The van der Waals surface area contributed by atoms with Crippen molar-refractivity contribution in [1.82, 2.24) is 4.98 Å². The van der Waals surface area contributed by atoms with Gasteiger partial charge in [0.25, 0.3) is 0 Å². The molecule has 0 amide bonds. The molecule has 1 fully saturated rings. The Kier molecular flexibility index (Phi) is 8.14. The van der Waals surface area contributed by atoms with Crippen molar-refractivity contribution in [3.05, 3.63) is 83.8 Å². The highest BCUT2D eigenvalue weighted by Crippen LogP contribution is 2.47. The molecule has 0 saturated heterocycles. The van der Waals surface area contributed by atoms with Gasteiger partial charge < -0.3 is 14.7 Å².